The monoisotopic (exact) mass is 282 g/mol. The lowest BCUT2D eigenvalue weighted by atomic mass is 10.3. The van der Waals surface area contributed by atoms with E-state index >= 15 is 0 Å². The van der Waals surface area contributed by atoms with E-state index in [-0.39, 0.29) is 30.0 Å². The van der Waals surface area contributed by atoms with E-state index in [1.165, 1.54) is 12.3 Å². The van der Waals surface area contributed by atoms with Crippen molar-refractivity contribution in [2.45, 2.75) is 18.2 Å². The third kappa shape index (κ3) is 4.05. The van der Waals surface area contributed by atoms with E-state index in [4.69, 9.17) is 11.2 Å². The van der Waals surface area contributed by atoms with Gasteiger partial charge in [0.05, 0.1) is 12.2 Å². The van der Waals surface area contributed by atoms with E-state index in [1.54, 1.807) is 6.92 Å². The van der Waals surface area contributed by atoms with Crippen LogP contribution in [0.1, 0.15) is 23.7 Å². The minimum absolute atomic E-state index is 0.0509. The number of hydrogen-bond donors (Lipinski definition) is 1. The quantitative estimate of drug-likeness (QED) is 0.468. The third-order valence-corrected chi connectivity index (χ3v) is 3.62. The number of nitrogens with zero attached hydrogens (tertiary/aromatic N) is 1. The summed E-state index contributed by atoms with van der Waals surface area (Å²) in [6.45, 7) is 1.89. The number of pyridine rings is 1. The van der Waals surface area contributed by atoms with Gasteiger partial charge in [-0.25, -0.2) is 17.9 Å². The molecular formula is C12H14N2O4S. The summed E-state index contributed by atoms with van der Waals surface area (Å²) in [6, 6.07) is 1.30. The summed E-state index contributed by atoms with van der Waals surface area (Å²) in [5.74, 6) is 1.61. The number of carbonyl (C=O) groups excluding carboxylic acids is 1. The van der Waals surface area contributed by atoms with Crippen LogP contribution in [-0.2, 0) is 14.8 Å². The van der Waals surface area contributed by atoms with Crippen molar-refractivity contribution in [2.24, 2.45) is 0 Å². The molecule has 0 aliphatic carbocycles. The summed E-state index contributed by atoms with van der Waals surface area (Å²) in [5, 5.41) is 0. The first-order valence-electron chi connectivity index (χ1n) is 5.57. The van der Waals surface area contributed by atoms with Crippen LogP contribution >= 0.6 is 0 Å². The summed E-state index contributed by atoms with van der Waals surface area (Å²) in [5.41, 5.74) is -0.0509. The first-order valence-corrected chi connectivity index (χ1v) is 7.05. The molecule has 7 heteroatoms. The highest BCUT2D eigenvalue weighted by atomic mass is 32.2. The molecule has 0 aliphatic heterocycles. The van der Waals surface area contributed by atoms with Gasteiger partial charge < -0.3 is 4.74 Å². The van der Waals surface area contributed by atoms with Gasteiger partial charge in [0.1, 0.15) is 4.90 Å². The molecule has 0 atom stereocenters. The van der Waals surface area contributed by atoms with Crippen molar-refractivity contribution in [3.63, 3.8) is 0 Å². The molecule has 0 aliphatic rings. The SMILES string of the molecule is C#CCCNS(=O)(=O)c1cnccc1C(=O)OCC. The van der Waals surface area contributed by atoms with Crippen molar-refractivity contribution in [1.29, 1.82) is 0 Å². The van der Waals surface area contributed by atoms with Crippen LogP contribution in [0.3, 0.4) is 0 Å². The van der Waals surface area contributed by atoms with Gasteiger partial charge in [0.15, 0.2) is 0 Å². The van der Waals surface area contributed by atoms with E-state index in [9.17, 15) is 13.2 Å². The minimum atomic E-state index is -3.84. The summed E-state index contributed by atoms with van der Waals surface area (Å²) in [6.07, 6.45) is 7.73. The van der Waals surface area contributed by atoms with Crippen LogP contribution in [0.2, 0.25) is 0 Å². The number of hydrogen-bond acceptors (Lipinski definition) is 5. The molecule has 0 saturated heterocycles. The Morgan fingerprint density at radius 1 is 1.58 bits per heavy atom. The molecule has 0 saturated carbocycles. The maximum absolute atomic E-state index is 12.0. The second kappa shape index (κ2) is 6.87. The third-order valence-electron chi connectivity index (χ3n) is 2.13. The first kappa shape index (κ1) is 15.1. The lowest BCUT2D eigenvalue weighted by Gasteiger charge is -2.09. The molecule has 1 heterocycles. The van der Waals surface area contributed by atoms with E-state index in [2.05, 4.69) is 15.6 Å². The maximum atomic E-state index is 12.0. The van der Waals surface area contributed by atoms with Gasteiger partial charge in [0, 0.05) is 25.4 Å². The van der Waals surface area contributed by atoms with Gasteiger partial charge in [-0.1, -0.05) is 0 Å². The number of aromatic nitrogens is 1. The second-order valence-corrected chi connectivity index (χ2v) is 5.18. The zero-order valence-corrected chi connectivity index (χ0v) is 11.2. The van der Waals surface area contributed by atoms with E-state index in [0.29, 0.717) is 0 Å². The molecule has 6 nitrogen and oxygen atoms in total. The molecule has 1 aromatic rings. The van der Waals surface area contributed by atoms with Crippen LogP contribution in [0, 0.1) is 12.3 Å². The number of terminal acetylenes is 1. The van der Waals surface area contributed by atoms with Crippen LogP contribution in [-0.4, -0.2) is 32.5 Å². The fraction of sp³-hybridized carbons (Fsp3) is 0.333. The number of rotatable bonds is 6. The predicted molar refractivity (Wildman–Crippen MR) is 68.8 cm³/mol. The largest absolute Gasteiger partial charge is 0.462 e. The van der Waals surface area contributed by atoms with Gasteiger partial charge in [-0.2, -0.15) is 0 Å². The van der Waals surface area contributed by atoms with Crippen molar-refractivity contribution in [2.75, 3.05) is 13.2 Å². The molecule has 0 spiro atoms. The van der Waals surface area contributed by atoms with E-state index < -0.39 is 16.0 Å². The average Bonchev–Trinajstić information content (AvgIpc) is 2.39. The highest BCUT2D eigenvalue weighted by molar-refractivity contribution is 7.89. The Labute approximate surface area is 112 Å². The number of carbonyl (C=O) groups is 1. The molecule has 0 radical (unpaired) electrons. The summed E-state index contributed by atoms with van der Waals surface area (Å²) >= 11 is 0. The Bertz CT molecular complexity index is 590. The number of sulfonamides is 1. The smallest absolute Gasteiger partial charge is 0.339 e. The number of esters is 1. The molecular weight excluding hydrogens is 268 g/mol. The Morgan fingerprint density at radius 3 is 2.95 bits per heavy atom. The van der Waals surface area contributed by atoms with Crippen LogP contribution in [0.15, 0.2) is 23.4 Å². The molecule has 102 valence electrons. The maximum Gasteiger partial charge on any atom is 0.339 e. The van der Waals surface area contributed by atoms with Crippen molar-refractivity contribution in [1.82, 2.24) is 9.71 Å². The fourth-order valence-corrected chi connectivity index (χ4v) is 2.47. The highest BCUT2D eigenvalue weighted by Gasteiger charge is 2.22. The number of nitrogens with one attached hydrogen (secondary N) is 1. The van der Waals surface area contributed by atoms with Gasteiger partial charge >= 0.3 is 5.97 Å². The van der Waals surface area contributed by atoms with Crippen molar-refractivity contribution in [3.05, 3.63) is 24.0 Å². The summed E-state index contributed by atoms with van der Waals surface area (Å²) in [7, 11) is -3.84. The fourth-order valence-electron chi connectivity index (χ4n) is 1.31. The summed E-state index contributed by atoms with van der Waals surface area (Å²) in [4.78, 5) is 15.2. The zero-order chi connectivity index (χ0) is 14.3. The van der Waals surface area contributed by atoms with Gasteiger partial charge in [0.25, 0.3) is 0 Å². The van der Waals surface area contributed by atoms with Crippen molar-refractivity contribution in [3.8, 4) is 12.3 Å². The predicted octanol–water partition coefficient (Wildman–Crippen LogP) is 0.560. The van der Waals surface area contributed by atoms with Crippen molar-refractivity contribution >= 4 is 16.0 Å². The Hall–Kier alpha value is -1.91. The molecule has 0 unspecified atom stereocenters. The molecule has 1 N–H and O–H groups in total. The zero-order valence-electron chi connectivity index (χ0n) is 10.4. The van der Waals surface area contributed by atoms with Crippen LogP contribution in [0.25, 0.3) is 0 Å². The molecule has 0 fully saturated rings. The summed E-state index contributed by atoms with van der Waals surface area (Å²) < 4.78 is 31.1. The second-order valence-electron chi connectivity index (χ2n) is 3.44. The van der Waals surface area contributed by atoms with Crippen LogP contribution in [0.5, 0.6) is 0 Å². The Balaban J connectivity index is 3.06. The normalized spacial score (nSPS) is 10.7. The Morgan fingerprint density at radius 2 is 2.32 bits per heavy atom. The molecule has 19 heavy (non-hydrogen) atoms. The minimum Gasteiger partial charge on any atom is -0.462 e. The van der Waals surface area contributed by atoms with E-state index in [0.717, 1.165) is 6.20 Å². The topological polar surface area (TPSA) is 85.4 Å². The standard InChI is InChI=1S/C12H14N2O4S/c1-3-5-7-14-19(16,17)11-9-13-8-6-10(11)12(15)18-4-2/h1,6,8-9,14H,4-5,7H2,2H3. The van der Waals surface area contributed by atoms with Crippen LogP contribution in [0.4, 0.5) is 0 Å². The van der Waals surface area contributed by atoms with Crippen molar-refractivity contribution < 1.29 is 17.9 Å². The molecule has 0 amide bonds. The lowest BCUT2D eigenvalue weighted by Crippen LogP contribution is -2.26. The molecule has 1 aromatic heterocycles. The van der Waals surface area contributed by atoms with Gasteiger partial charge in [-0.15, -0.1) is 12.3 Å². The Kier molecular flexibility index (Phi) is 5.48. The molecule has 1 rings (SSSR count). The van der Waals surface area contributed by atoms with Crippen LogP contribution < -0.4 is 4.72 Å². The molecule has 0 aromatic carbocycles. The highest BCUT2D eigenvalue weighted by Crippen LogP contribution is 2.15. The lowest BCUT2D eigenvalue weighted by molar-refractivity contribution is 0.0521. The molecule has 0 bridgehead atoms. The average molecular weight is 282 g/mol. The van der Waals surface area contributed by atoms with Gasteiger partial charge in [-0.3, -0.25) is 4.98 Å². The van der Waals surface area contributed by atoms with Gasteiger partial charge in [0.2, 0.25) is 10.0 Å². The first-order chi connectivity index (χ1) is 9.03. The van der Waals surface area contributed by atoms with E-state index in [1.807, 2.05) is 0 Å². The number of ether oxygens (including phenoxy) is 1. The van der Waals surface area contributed by atoms with Gasteiger partial charge in [-0.05, 0) is 13.0 Å².